The van der Waals surface area contributed by atoms with Gasteiger partial charge in [-0.25, -0.2) is 0 Å². The molecular formula is C15H30N2O2. The van der Waals surface area contributed by atoms with Crippen LogP contribution in [0.25, 0.3) is 0 Å². The fraction of sp³-hybridized carbons (Fsp3) is 1.00. The van der Waals surface area contributed by atoms with Crippen LogP contribution < -0.4 is 5.32 Å². The Labute approximate surface area is 117 Å². The fourth-order valence-corrected chi connectivity index (χ4v) is 3.13. The quantitative estimate of drug-likeness (QED) is 0.789. The highest BCUT2D eigenvalue weighted by molar-refractivity contribution is 4.87. The average molecular weight is 270 g/mol. The van der Waals surface area contributed by atoms with Crippen LogP contribution in [0.2, 0.25) is 0 Å². The highest BCUT2D eigenvalue weighted by Crippen LogP contribution is 2.31. The number of aliphatic hydroxyl groups is 1. The van der Waals surface area contributed by atoms with Crippen LogP contribution in [0.4, 0.5) is 0 Å². The molecule has 1 atom stereocenters. The summed E-state index contributed by atoms with van der Waals surface area (Å²) in [6.45, 7) is 10.0. The predicted octanol–water partition coefficient (Wildman–Crippen LogP) is 1.24. The fourth-order valence-electron chi connectivity index (χ4n) is 3.13. The van der Waals surface area contributed by atoms with Gasteiger partial charge in [0.2, 0.25) is 0 Å². The molecule has 2 rings (SSSR count). The first-order valence-electron chi connectivity index (χ1n) is 7.88. The summed E-state index contributed by atoms with van der Waals surface area (Å²) in [5.41, 5.74) is -0.481. The van der Waals surface area contributed by atoms with Gasteiger partial charge in [-0.2, -0.15) is 0 Å². The van der Waals surface area contributed by atoms with Gasteiger partial charge in [0.25, 0.3) is 0 Å². The van der Waals surface area contributed by atoms with E-state index in [9.17, 15) is 5.11 Å². The van der Waals surface area contributed by atoms with Crippen molar-refractivity contribution in [2.75, 3.05) is 39.3 Å². The molecule has 0 aromatic carbocycles. The van der Waals surface area contributed by atoms with Crippen LogP contribution in [-0.2, 0) is 4.74 Å². The van der Waals surface area contributed by atoms with E-state index in [1.807, 2.05) is 0 Å². The van der Waals surface area contributed by atoms with Crippen LogP contribution in [-0.4, -0.2) is 61.0 Å². The summed E-state index contributed by atoms with van der Waals surface area (Å²) in [4.78, 5) is 2.42. The van der Waals surface area contributed by atoms with Crippen molar-refractivity contribution in [2.24, 2.45) is 5.92 Å². The maximum absolute atomic E-state index is 10.5. The standard InChI is InChI=1S/C15H30N2O2/c1-3-17-8-9-19-14(11-17)10-16-12-15(18)6-4-13(2)5-7-15/h13-14,16,18H,3-12H2,1-2H3. The van der Waals surface area contributed by atoms with E-state index in [-0.39, 0.29) is 6.10 Å². The number of likely N-dealkylation sites (N-methyl/N-ethyl adjacent to an activating group) is 1. The van der Waals surface area contributed by atoms with Gasteiger partial charge < -0.3 is 15.2 Å². The Hall–Kier alpha value is -0.160. The average Bonchev–Trinajstić information content (AvgIpc) is 2.43. The second-order valence-corrected chi connectivity index (χ2v) is 6.42. The molecule has 19 heavy (non-hydrogen) atoms. The number of nitrogens with one attached hydrogen (secondary N) is 1. The Morgan fingerprint density at radius 3 is 2.79 bits per heavy atom. The molecule has 1 saturated heterocycles. The largest absolute Gasteiger partial charge is 0.389 e. The molecule has 2 aliphatic rings. The van der Waals surface area contributed by atoms with Crippen molar-refractivity contribution in [3.63, 3.8) is 0 Å². The van der Waals surface area contributed by atoms with Crippen LogP contribution in [0.3, 0.4) is 0 Å². The summed E-state index contributed by atoms with van der Waals surface area (Å²) in [5, 5.41) is 13.9. The molecule has 0 aromatic heterocycles. The van der Waals surface area contributed by atoms with Crippen molar-refractivity contribution < 1.29 is 9.84 Å². The van der Waals surface area contributed by atoms with E-state index in [1.165, 1.54) is 0 Å². The lowest BCUT2D eigenvalue weighted by Gasteiger charge is -2.36. The molecule has 1 aliphatic carbocycles. The van der Waals surface area contributed by atoms with Gasteiger partial charge in [0.15, 0.2) is 0 Å². The third-order valence-corrected chi connectivity index (χ3v) is 4.70. The van der Waals surface area contributed by atoms with E-state index < -0.39 is 5.60 Å². The lowest BCUT2D eigenvalue weighted by Crippen LogP contribution is -2.49. The van der Waals surface area contributed by atoms with E-state index in [4.69, 9.17) is 4.74 Å². The Morgan fingerprint density at radius 1 is 1.37 bits per heavy atom. The predicted molar refractivity (Wildman–Crippen MR) is 77.3 cm³/mol. The van der Waals surface area contributed by atoms with Gasteiger partial charge >= 0.3 is 0 Å². The van der Waals surface area contributed by atoms with Crippen molar-refractivity contribution in [2.45, 2.75) is 51.2 Å². The molecule has 0 radical (unpaired) electrons. The first-order valence-corrected chi connectivity index (χ1v) is 7.88. The van der Waals surface area contributed by atoms with Crippen LogP contribution >= 0.6 is 0 Å². The number of rotatable bonds is 5. The van der Waals surface area contributed by atoms with E-state index in [0.717, 1.165) is 64.4 Å². The molecule has 1 saturated carbocycles. The SMILES string of the molecule is CCN1CCOC(CNCC2(O)CCC(C)CC2)C1. The van der Waals surface area contributed by atoms with Gasteiger partial charge in [0, 0.05) is 26.2 Å². The highest BCUT2D eigenvalue weighted by Gasteiger charge is 2.31. The van der Waals surface area contributed by atoms with E-state index in [0.29, 0.717) is 6.54 Å². The molecule has 0 aromatic rings. The van der Waals surface area contributed by atoms with Crippen LogP contribution in [0, 0.1) is 5.92 Å². The summed E-state index contributed by atoms with van der Waals surface area (Å²) in [5.74, 6) is 0.778. The Balaban J connectivity index is 1.65. The van der Waals surface area contributed by atoms with Gasteiger partial charge in [-0.15, -0.1) is 0 Å². The lowest BCUT2D eigenvalue weighted by atomic mass is 9.79. The van der Waals surface area contributed by atoms with Crippen molar-refractivity contribution >= 4 is 0 Å². The maximum Gasteiger partial charge on any atom is 0.0826 e. The topological polar surface area (TPSA) is 44.7 Å². The Bertz CT molecular complexity index is 265. The van der Waals surface area contributed by atoms with E-state index in [2.05, 4.69) is 24.1 Å². The molecule has 4 heteroatoms. The molecule has 1 heterocycles. The molecule has 2 N–H and O–H groups in total. The van der Waals surface area contributed by atoms with Crippen molar-refractivity contribution in [1.82, 2.24) is 10.2 Å². The Morgan fingerprint density at radius 2 is 2.11 bits per heavy atom. The first kappa shape index (κ1) is 15.2. The van der Waals surface area contributed by atoms with Gasteiger partial charge in [-0.3, -0.25) is 4.90 Å². The molecule has 112 valence electrons. The number of nitrogens with zero attached hydrogens (tertiary/aromatic N) is 1. The minimum absolute atomic E-state index is 0.278. The molecule has 1 aliphatic heterocycles. The minimum atomic E-state index is -0.481. The van der Waals surface area contributed by atoms with Gasteiger partial charge in [-0.1, -0.05) is 13.8 Å². The van der Waals surface area contributed by atoms with Crippen LogP contribution in [0.5, 0.6) is 0 Å². The molecule has 4 nitrogen and oxygen atoms in total. The number of hydrogen-bond acceptors (Lipinski definition) is 4. The lowest BCUT2D eigenvalue weighted by molar-refractivity contribution is -0.0350. The second-order valence-electron chi connectivity index (χ2n) is 6.42. The third kappa shape index (κ3) is 4.71. The summed E-state index contributed by atoms with van der Waals surface area (Å²) in [6, 6.07) is 0. The van der Waals surface area contributed by atoms with Crippen molar-refractivity contribution in [3.05, 3.63) is 0 Å². The van der Waals surface area contributed by atoms with Gasteiger partial charge in [-0.05, 0) is 38.1 Å². The maximum atomic E-state index is 10.5. The first-order chi connectivity index (χ1) is 9.11. The summed E-state index contributed by atoms with van der Waals surface area (Å²) in [6.07, 6.45) is 4.46. The molecule has 0 spiro atoms. The summed E-state index contributed by atoms with van der Waals surface area (Å²) < 4.78 is 5.76. The normalized spacial score (nSPS) is 37.4. The highest BCUT2D eigenvalue weighted by atomic mass is 16.5. The monoisotopic (exact) mass is 270 g/mol. The molecule has 1 unspecified atom stereocenters. The van der Waals surface area contributed by atoms with Crippen molar-refractivity contribution in [1.29, 1.82) is 0 Å². The van der Waals surface area contributed by atoms with Gasteiger partial charge in [0.1, 0.15) is 0 Å². The summed E-state index contributed by atoms with van der Waals surface area (Å²) in [7, 11) is 0. The number of hydrogen-bond donors (Lipinski definition) is 2. The molecule has 0 amide bonds. The second kappa shape index (κ2) is 7.02. The zero-order valence-electron chi connectivity index (χ0n) is 12.5. The van der Waals surface area contributed by atoms with Gasteiger partial charge in [0.05, 0.1) is 18.3 Å². The Kier molecular flexibility index (Phi) is 5.63. The van der Waals surface area contributed by atoms with Crippen LogP contribution in [0.1, 0.15) is 39.5 Å². The molecule has 2 fully saturated rings. The minimum Gasteiger partial charge on any atom is -0.389 e. The third-order valence-electron chi connectivity index (χ3n) is 4.70. The zero-order chi connectivity index (χ0) is 13.7. The molecular weight excluding hydrogens is 240 g/mol. The molecule has 0 bridgehead atoms. The number of morpholine rings is 1. The zero-order valence-corrected chi connectivity index (χ0v) is 12.5. The number of ether oxygens (including phenoxy) is 1. The van der Waals surface area contributed by atoms with Crippen molar-refractivity contribution in [3.8, 4) is 0 Å². The van der Waals surface area contributed by atoms with E-state index >= 15 is 0 Å². The smallest absolute Gasteiger partial charge is 0.0826 e. The summed E-state index contributed by atoms with van der Waals surface area (Å²) >= 11 is 0. The van der Waals surface area contributed by atoms with E-state index in [1.54, 1.807) is 0 Å². The van der Waals surface area contributed by atoms with Crippen LogP contribution in [0.15, 0.2) is 0 Å².